The summed E-state index contributed by atoms with van der Waals surface area (Å²) in [6.45, 7) is 9.89. The first-order valence-corrected chi connectivity index (χ1v) is 8.92. The number of amides is 3. The second-order valence-electron chi connectivity index (χ2n) is 9.20. The number of carbonyl (C=O) groups is 4. The van der Waals surface area contributed by atoms with Gasteiger partial charge in [0.2, 0.25) is 5.91 Å². The van der Waals surface area contributed by atoms with Gasteiger partial charge >= 0.3 is 18.2 Å². The van der Waals surface area contributed by atoms with Crippen molar-refractivity contribution in [2.24, 2.45) is 11.3 Å². The van der Waals surface area contributed by atoms with Crippen LogP contribution in [0.4, 0.5) is 9.59 Å². The lowest BCUT2D eigenvalue weighted by atomic mass is 9.80. The van der Waals surface area contributed by atoms with Crippen LogP contribution in [0.2, 0.25) is 0 Å². The molecular weight excluding hydrogens is 356 g/mol. The van der Waals surface area contributed by atoms with Crippen molar-refractivity contribution in [1.82, 2.24) is 10.2 Å². The Morgan fingerprint density at radius 2 is 1.67 bits per heavy atom. The third kappa shape index (κ3) is 4.51. The summed E-state index contributed by atoms with van der Waals surface area (Å²) in [5.41, 5.74) is -2.92. The predicted molar refractivity (Wildman–Crippen MR) is 93.9 cm³/mol. The molecular formula is C18H28N2O7. The van der Waals surface area contributed by atoms with E-state index in [1.54, 1.807) is 41.5 Å². The number of hydrogen-bond acceptors (Lipinski definition) is 6. The summed E-state index contributed by atoms with van der Waals surface area (Å²) in [6, 6.07) is -0.523. The van der Waals surface area contributed by atoms with Crippen molar-refractivity contribution in [3.63, 3.8) is 0 Å². The topological polar surface area (TPSA) is 122 Å². The highest BCUT2D eigenvalue weighted by Gasteiger charge is 2.64. The van der Waals surface area contributed by atoms with Crippen LogP contribution in [0, 0.1) is 11.3 Å². The molecule has 3 amide bonds. The van der Waals surface area contributed by atoms with Gasteiger partial charge < -0.3 is 19.9 Å². The van der Waals surface area contributed by atoms with E-state index >= 15 is 0 Å². The number of likely N-dealkylation sites (tertiary alicyclic amines) is 1. The van der Waals surface area contributed by atoms with E-state index in [0.717, 1.165) is 4.90 Å². The molecule has 2 N–H and O–H groups in total. The van der Waals surface area contributed by atoms with Gasteiger partial charge in [0.25, 0.3) is 0 Å². The quantitative estimate of drug-likeness (QED) is 0.748. The first kappa shape index (κ1) is 21.0. The highest BCUT2D eigenvalue weighted by atomic mass is 16.6. The maximum Gasteiger partial charge on any atom is 0.417 e. The SMILES string of the molecule is CC(C)(C)OC(=O)N[C@@H]1C[C@H]2C(=O)N(C(=O)OC(C)(C)C)C[C@@]2(C(=O)O)C1. The number of carboxylic acid groups (broad SMARTS) is 1. The van der Waals surface area contributed by atoms with Gasteiger partial charge in [0.05, 0.1) is 11.3 Å². The van der Waals surface area contributed by atoms with Crippen LogP contribution in [0.25, 0.3) is 0 Å². The predicted octanol–water partition coefficient (Wildman–Crippen LogP) is 2.14. The van der Waals surface area contributed by atoms with E-state index in [1.165, 1.54) is 0 Å². The van der Waals surface area contributed by atoms with Gasteiger partial charge in [-0.05, 0) is 54.4 Å². The Morgan fingerprint density at radius 3 is 2.11 bits per heavy atom. The average molecular weight is 384 g/mol. The first-order valence-electron chi connectivity index (χ1n) is 8.92. The Kier molecular flexibility index (Phi) is 5.20. The fourth-order valence-electron chi connectivity index (χ4n) is 3.60. The van der Waals surface area contributed by atoms with Crippen molar-refractivity contribution in [3.05, 3.63) is 0 Å². The summed E-state index contributed by atoms with van der Waals surface area (Å²) in [6.07, 6.45) is -1.34. The second-order valence-corrected chi connectivity index (χ2v) is 9.20. The van der Waals surface area contributed by atoms with Gasteiger partial charge in [-0.3, -0.25) is 9.59 Å². The highest BCUT2D eigenvalue weighted by Crippen LogP contribution is 2.50. The highest BCUT2D eigenvalue weighted by molar-refractivity contribution is 6.00. The Labute approximate surface area is 158 Å². The monoisotopic (exact) mass is 384 g/mol. The number of carbonyl (C=O) groups excluding carboxylic acids is 3. The van der Waals surface area contributed by atoms with Crippen LogP contribution in [0.5, 0.6) is 0 Å². The number of nitrogens with zero attached hydrogens (tertiary/aromatic N) is 1. The van der Waals surface area contributed by atoms with E-state index in [1.807, 2.05) is 0 Å². The van der Waals surface area contributed by atoms with Gasteiger partial charge in [-0.15, -0.1) is 0 Å². The summed E-state index contributed by atoms with van der Waals surface area (Å²) in [4.78, 5) is 49.8. The molecule has 3 atom stereocenters. The Balaban J connectivity index is 2.13. The van der Waals surface area contributed by atoms with E-state index in [9.17, 15) is 24.3 Å². The zero-order chi connectivity index (χ0) is 20.8. The van der Waals surface area contributed by atoms with Crippen LogP contribution in [-0.4, -0.2) is 57.9 Å². The van der Waals surface area contributed by atoms with Crippen LogP contribution in [0.3, 0.4) is 0 Å². The number of imide groups is 1. The molecule has 0 unspecified atom stereocenters. The molecule has 1 aliphatic carbocycles. The van der Waals surface area contributed by atoms with E-state index in [4.69, 9.17) is 9.47 Å². The van der Waals surface area contributed by atoms with E-state index in [-0.39, 0.29) is 19.4 Å². The van der Waals surface area contributed by atoms with Gasteiger partial charge in [-0.1, -0.05) is 0 Å². The van der Waals surface area contributed by atoms with Crippen LogP contribution in [-0.2, 0) is 19.1 Å². The van der Waals surface area contributed by atoms with Crippen LogP contribution in [0.15, 0.2) is 0 Å². The number of carboxylic acids is 1. The number of hydrogen-bond donors (Lipinski definition) is 2. The molecule has 0 aromatic carbocycles. The third-order valence-electron chi connectivity index (χ3n) is 4.56. The van der Waals surface area contributed by atoms with Crippen molar-refractivity contribution in [3.8, 4) is 0 Å². The average Bonchev–Trinajstić information content (AvgIpc) is 2.91. The number of fused-ring (bicyclic) bond motifs is 1. The summed E-state index contributed by atoms with van der Waals surface area (Å²) in [5, 5.41) is 12.4. The molecule has 152 valence electrons. The normalized spacial score (nSPS) is 27.9. The number of nitrogens with one attached hydrogen (secondary N) is 1. The minimum Gasteiger partial charge on any atom is -0.481 e. The third-order valence-corrected chi connectivity index (χ3v) is 4.56. The Hall–Kier alpha value is -2.32. The summed E-state index contributed by atoms with van der Waals surface area (Å²) in [5.74, 6) is -2.65. The van der Waals surface area contributed by atoms with E-state index in [0.29, 0.717) is 0 Å². The van der Waals surface area contributed by atoms with Gasteiger partial charge in [0.1, 0.15) is 11.2 Å². The van der Waals surface area contributed by atoms with Gasteiger partial charge in [0.15, 0.2) is 0 Å². The molecule has 1 saturated heterocycles. The molecule has 1 saturated carbocycles. The van der Waals surface area contributed by atoms with Crippen LogP contribution in [0.1, 0.15) is 54.4 Å². The van der Waals surface area contributed by atoms with Crippen molar-refractivity contribution in [2.45, 2.75) is 71.6 Å². The Morgan fingerprint density at radius 1 is 1.11 bits per heavy atom. The van der Waals surface area contributed by atoms with E-state index in [2.05, 4.69) is 5.32 Å². The molecule has 0 aromatic rings. The molecule has 2 fully saturated rings. The van der Waals surface area contributed by atoms with E-state index < -0.39 is 52.6 Å². The van der Waals surface area contributed by atoms with Gasteiger partial charge in [-0.2, -0.15) is 0 Å². The molecule has 0 spiro atoms. The van der Waals surface area contributed by atoms with Crippen LogP contribution >= 0.6 is 0 Å². The fourth-order valence-corrected chi connectivity index (χ4v) is 3.60. The smallest absolute Gasteiger partial charge is 0.417 e. The summed E-state index contributed by atoms with van der Waals surface area (Å²) >= 11 is 0. The van der Waals surface area contributed by atoms with Crippen molar-refractivity contribution in [2.75, 3.05) is 6.54 Å². The molecule has 2 aliphatic rings. The number of aliphatic carboxylic acids is 1. The number of ether oxygens (including phenoxy) is 2. The molecule has 0 aromatic heterocycles. The lowest BCUT2D eigenvalue weighted by molar-refractivity contribution is -0.150. The fraction of sp³-hybridized carbons (Fsp3) is 0.778. The number of rotatable bonds is 2. The van der Waals surface area contributed by atoms with Crippen molar-refractivity contribution in [1.29, 1.82) is 0 Å². The Bertz CT molecular complexity index is 662. The van der Waals surface area contributed by atoms with Crippen molar-refractivity contribution < 1.29 is 33.8 Å². The minimum atomic E-state index is -1.44. The second kappa shape index (κ2) is 6.69. The van der Waals surface area contributed by atoms with Gasteiger partial charge in [0, 0.05) is 12.6 Å². The zero-order valence-corrected chi connectivity index (χ0v) is 16.6. The standard InChI is InChI=1S/C18H28N2O7/c1-16(2,3)26-14(24)19-10-7-11-12(21)20(15(25)27-17(4,5)6)9-18(11,8-10)13(22)23/h10-11H,7-9H2,1-6H3,(H,19,24)(H,22,23)/t10-,11+,18+/m1/s1. The molecule has 1 heterocycles. The molecule has 27 heavy (non-hydrogen) atoms. The maximum absolute atomic E-state index is 12.7. The van der Waals surface area contributed by atoms with Crippen molar-refractivity contribution >= 4 is 24.1 Å². The summed E-state index contributed by atoms with van der Waals surface area (Å²) < 4.78 is 10.4. The molecule has 9 nitrogen and oxygen atoms in total. The molecule has 0 bridgehead atoms. The molecule has 2 rings (SSSR count). The lowest BCUT2D eigenvalue weighted by Gasteiger charge is -2.26. The first-order chi connectivity index (χ1) is 12.1. The largest absolute Gasteiger partial charge is 0.481 e. The molecule has 1 aliphatic heterocycles. The van der Waals surface area contributed by atoms with Gasteiger partial charge in [-0.25, -0.2) is 14.5 Å². The summed E-state index contributed by atoms with van der Waals surface area (Å²) in [7, 11) is 0. The number of alkyl carbamates (subject to hydrolysis) is 1. The molecule has 9 heteroatoms. The minimum absolute atomic E-state index is 0.0390. The maximum atomic E-state index is 12.7. The molecule has 0 radical (unpaired) electrons. The zero-order valence-electron chi connectivity index (χ0n) is 16.6. The van der Waals surface area contributed by atoms with Crippen LogP contribution < -0.4 is 5.32 Å². The lowest BCUT2D eigenvalue weighted by Crippen LogP contribution is -2.43.